The lowest BCUT2D eigenvalue weighted by atomic mass is 9.85. The van der Waals surface area contributed by atoms with E-state index in [4.69, 9.17) is 0 Å². The van der Waals surface area contributed by atoms with Gasteiger partial charge in [-0.05, 0) is 13.8 Å². The molecule has 0 aromatic heterocycles. The largest absolute Gasteiger partial charge is 0.296 e. The maximum absolute atomic E-state index is 11.6. The molecule has 0 radical (unpaired) electrons. The molecule has 3 rings (SSSR count). The molecule has 78 valence electrons. The number of imide groups is 1. The van der Waals surface area contributed by atoms with Crippen molar-refractivity contribution in [1.29, 1.82) is 0 Å². The van der Waals surface area contributed by atoms with Crippen LogP contribution in [0.25, 0.3) is 0 Å². The molecular formula is C12H13NO2. The highest BCUT2D eigenvalue weighted by Crippen LogP contribution is 2.54. The molecule has 1 N–H and O–H groups in total. The number of hydrogen-bond acceptors (Lipinski definition) is 2. The van der Waals surface area contributed by atoms with Crippen molar-refractivity contribution in [3.05, 3.63) is 23.3 Å². The molecule has 0 aromatic carbocycles. The summed E-state index contributed by atoms with van der Waals surface area (Å²) in [6, 6.07) is 0. The lowest BCUT2D eigenvalue weighted by Gasteiger charge is -2.13. The third-order valence-corrected chi connectivity index (χ3v) is 3.83. The summed E-state index contributed by atoms with van der Waals surface area (Å²) in [5.74, 6) is -0.0658. The predicted octanol–water partition coefficient (Wildman–Crippen LogP) is 1.03. The van der Waals surface area contributed by atoms with Crippen molar-refractivity contribution in [1.82, 2.24) is 5.32 Å². The van der Waals surface area contributed by atoms with Crippen molar-refractivity contribution >= 4 is 11.8 Å². The van der Waals surface area contributed by atoms with Gasteiger partial charge in [-0.25, -0.2) is 0 Å². The van der Waals surface area contributed by atoms with Gasteiger partial charge in [-0.1, -0.05) is 23.3 Å². The highest BCUT2D eigenvalue weighted by atomic mass is 16.2. The summed E-state index contributed by atoms with van der Waals surface area (Å²) in [7, 11) is 0. The number of carbonyl (C=O) groups is 2. The van der Waals surface area contributed by atoms with Gasteiger partial charge in [0.15, 0.2) is 0 Å². The first-order chi connectivity index (χ1) is 7.11. The highest BCUT2D eigenvalue weighted by molar-refractivity contribution is 6.07. The molecule has 3 nitrogen and oxygen atoms in total. The van der Waals surface area contributed by atoms with Crippen LogP contribution in [0.1, 0.15) is 13.8 Å². The minimum Gasteiger partial charge on any atom is -0.296 e. The molecule has 0 unspecified atom stereocenters. The lowest BCUT2D eigenvalue weighted by molar-refractivity contribution is -0.126. The average molecular weight is 203 g/mol. The van der Waals surface area contributed by atoms with Gasteiger partial charge in [-0.3, -0.25) is 14.9 Å². The summed E-state index contributed by atoms with van der Waals surface area (Å²) in [6.07, 6.45) is 4.18. The molecule has 2 bridgehead atoms. The molecule has 2 aliphatic carbocycles. The smallest absolute Gasteiger partial charge is 0.231 e. The molecular weight excluding hydrogens is 190 g/mol. The minimum atomic E-state index is -0.127. The average Bonchev–Trinajstić information content (AvgIpc) is 2.77. The Bertz CT molecular complexity index is 397. The summed E-state index contributed by atoms with van der Waals surface area (Å²) in [6.45, 7) is 4.12. The monoisotopic (exact) mass is 203 g/mol. The SMILES string of the molecule is CC(C)=C1[C@H]2C=C[C@@H]1[C@@H]1C(=O)NC(=O)[C@H]12. The van der Waals surface area contributed by atoms with Gasteiger partial charge in [0.1, 0.15) is 0 Å². The van der Waals surface area contributed by atoms with E-state index >= 15 is 0 Å². The molecule has 3 heteroatoms. The van der Waals surface area contributed by atoms with E-state index in [0.29, 0.717) is 0 Å². The van der Waals surface area contributed by atoms with Gasteiger partial charge < -0.3 is 0 Å². The summed E-state index contributed by atoms with van der Waals surface area (Å²) in [4.78, 5) is 23.3. The molecule has 2 fully saturated rings. The second kappa shape index (κ2) is 2.60. The molecule has 1 aliphatic heterocycles. The summed E-state index contributed by atoms with van der Waals surface area (Å²) in [5, 5.41) is 2.44. The Kier molecular flexibility index (Phi) is 1.54. The fourth-order valence-corrected chi connectivity index (χ4v) is 3.35. The zero-order valence-corrected chi connectivity index (χ0v) is 8.78. The van der Waals surface area contributed by atoms with Gasteiger partial charge in [0.25, 0.3) is 0 Å². The molecule has 1 heterocycles. The maximum Gasteiger partial charge on any atom is 0.231 e. The molecule has 2 amide bonds. The Morgan fingerprint density at radius 2 is 1.53 bits per heavy atom. The van der Waals surface area contributed by atoms with E-state index in [1.807, 2.05) is 0 Å². The fraction of sp³-hybridized carbons (Fsp3) is 0.500. The van der Waals surface area contributed by atoms with Crippen molar-refractivity contribution in [3.63, 3.8) is 0 Å². The molecule has 4 atom stereocenters. The maximum atomic E-state index is 11.6. The highest BCUT2D eigenvalue weighted by Gasteiger charge is 2.58. The fourth-order valence-electron chi connectivity index (χ4n) is 3.35. The Balaban J connectivity index is 2.13. The van der Waals surface area contributed by atoms with Crippen LogP contribution in [-0.4, -0.2) is 11.8 Å². The third kappa shape index (κ3) is 0.907. The first-order valence-corrected chi connectivity index (χ1v) is 5.31. The Morgan fingerprint density at radius 1 is 1.07 bits per heavy atom. The van der Waals surface area contributed by atoms with Crippen LogP contribution in [0.4, 0.5) is 0 Å². The van der Waals surface area contributed by atoms with Crippen LogP contribution >= 0.6 is 0 Å². The quantitative estimate of drug-likeness (QED) is 0.472. The van der Waals surface area contributed by atoms with Gasteiger partial charge in [-0.15, -0.1) is 0 Å². The number of fused-ring (bicyclic) bond motifs is 5. The zero-order chi connectivity index (χ0) is 10.7. The Hall–Kier alpha value is -1.38. The molecule has 3 aliphatic rings. The van der Waals surface area contributed by atoms with Gasteiger partial charge in [0, 0.05) is 11.8 Å². The van der Waals surface area contributed by atoms with E-state index in [1.165, 1.54) is 11.1 Å². The number of hydrogen-bond donors (Lipinski definition) is 1. The van der Waals surface area contributed by atoms with Gasteiger partial charge in [0.2, 0.25) is 11.8 Å². The van der Waals surface area contributed by atoms with Gasteiger partial charge in [-0.2, -0.15) is 0 Å². The lowest BCUT2D eigenvalue weighted by Crippen LogP contribution is -2.26. The van der Waals surface area contributed by atoms with E-state index in [0.717, 1.165) is 0 Å². The molecule has 1 saturated carbocycles. The van der Waals surface area contributed by atoms with Crippen LogP contribution in [0.5, 0.6) is 0 Å². The minimum absolute atomic E-state index is 0.0828. The standard InChI is InChI=1S/C12H13NO2/c1-5(2)8-6-3-4-7(8)10-9(6)11(14)13-12(10)15/h3-4,6-7,9-10H,1-2H3,(H,13,14,15)/t6-,7+,9-,10-/m0/s1. The number of carbonyl (C=O) groups excluding carboxylic acids is 2. The zero-order valence-electron chi connectivity index (χ0n) is 8.78. The number of allylic oxidation sites excluding steroid dienone is 4. The van der Waals surface area contributed by atoms with E-state index in [2.05, 4.69) is 31.3 Å². The first kappa shape index (κ1) is 8.89. The molecule has 1 saturated heterocycles. The number of rotatable bonds is 0. The van der Waals surface area contributed by atoms with Gasteiger partial charge >= 0.3 is 0 Å². The van der Waals surface area contributed by atoms with Crippen molar-refractivity contribution in [2.45, 2.75) is 13.8 Å². The van der Waals surface area contributed by atoms with Crippen LogP contribution < -0.4 is 5.32 Å². The van der Waals surface area contributed by atoms with E-state index in [1.54, 1.807) is 0 Å². The first-order valence-electron chi connectivity index (χ1n) is 5.31. The van der Waals surface area contributed by atoms with E-state index < -0.39 is 0 Å². The van der Waals surface area contributed by atoms with Crippen LogP contribution in [-0.2, 0) is 9.59 Å². The van der Waals surface area contributed by atoms with Crippen molar-refractivity contribution in [2.75, 3.05) is 0 Å². The Morgan fingerprint density at radius 3 is 1.93 bits per heavy atom. The van der Waals surface area contributed by atoms with Crippen LogP contribution in [0, 0.1) is 23.7 Å². The third-order valence-electron chi connectivity index (χ3n) is 3.83. The predicted molar refractivity (Wildman–Crippen MR) is 54.6 cm³/mol. The topological polar surface area (TPSA) is 46.2 Å². The van der Waals surface area contributed by atoms with Crippen molar-refractivity contribution in [3.8, 4) is 0 Å². The van der Waals surface area contributed by atoms with E-state index in [9.17, 15) is 9.59 Å². The van der Waals surface area contributed by atoms with Crippen LogP contribution in [0.3, 0.4) is 0 Å². The van der Waals surface area contributed by atoms with Crippen LogP contribution in [0.15, 0.2) is 23.3 Å². The van der Waals surface area contributed by atoms with Crippen LogP contribution in [0.2, 0.25) is 0 Å². The van der Waals surface area contributed by atoms with E-state index in [-0.39, 0.29) is 35.5 Å². The molecule has 15 heavy (non-hydrogen) atoms. The van der Waals surface area contributed by atoms with Crippen molar-refractivity contribution < 1.29 is 9.59 Å². The Labute approximate surface area is 88.2 Å². The number of amides is 2. The summed E-state index contributed by atoms with van der Waals surface area (Å²) in [5.41, 5.74) is 2.55. The van der Waals surface area contributed by atoms with Crippen molar-refractivity contribution in [2.24, 2.45) is 23.7 Å². The second-order valence-corrected chi connectivity index (χ2v) is 4.80. The van der Waals surface area contributed by atoms with Gasteiger partial charge in [0.05, 0.1) is 11.8 Å². The summed E-state index contributed by atoms with van der Waals surface area (Å²) >= 11 is 0. The second-order valence-electron chi connectivity index (χ2n) is 4.80. The number of nitrogens with one attached hydrogen (secondary N) is 1. The summed E-state index contributed by atoms with van der Waals surface area (Å²) < 4.78 is 0. The molecule has 0 spiro atoms. The molecule has 0 aromatic rings. The normalized spacial score (nSPS) is 41.1.